The third kappa shape index (κ3) is 8.58. The minimum Gasteiger partial charge on any atom is -0.497 e. The molecule has 0 unspecified atom stereocenters. The van der Waals surface area contributed by atoms with Gasteiger partial charge in [-0.25, -0.2) is 8.42 Å². The van der Waals surface area contributed by atoms with E-state index in [0.717, 1.165) is 28.1 Å². The molecule has 3 aromatic carbocycles. The van der Waals surface area contributed by atoms with Crippen LogP contribution in [0.2, 0.25) is 0 Å². The fraction of sp³-hybridized carbons (Fsp3) is 0.333. The van der Waals surface area contributed by atoms with Crippen molar-refractivity contribution in [3.63, 3.8) is 0 Å². The van der Waals surface area contributed by atoms with E-state index in [1.807, 2.05) is 74.5 Å². The summed E-state index contributed by atoms with van der Waals surface area (Å²) in [6.07, 6.45) is 2.06. The molecule has 2 amide bonds. The third-order valence-electron chi connectivity index (χ3n) is 6.49. The highest BCUT2D eigenvalue weighted by molar-refractivity contribution is 7.92. The summed E-state index contributed by atoms with van der Waals surface area (Å²) in [6, 6.07) is 24.4. The number of hydrogen-bond acceptors (Lipinski definition) is 5. The number of anilines is 1. The number of sulfonamides is 1. The van der Waals surface area contributed by atoms with E-state index in [-0.39, 0.29) is 24.9 Å². The number of methoxy groups -OCH3 is 1. The molecule has 0 aliphatic carbocycles. The molecule has 1 N–H and O–H groups in total. The number of hydrogen-bond donors (Lipinski definition) is 1. The molecule has 0 fully saturated rings. The van der Waals surface area contributed by atoms with Crippen LogP contribution in [0.4, 0.5) is 5.69 Å². The highest BCUT2D eigenvalue weighted by atomic mass is 32.2. The first-order valence-corrected chi connectivity index (χ1v) is 14.8. The second-order valence-corrected chi connectivity index (χ2v) is 11.4. The van der Waals surface area contributed by atoms with E-state index in [1.165, 1.54) is 12.0 Å². The lowest BCUT2D eigenvalue weighted by atomic mass is 10.0. The molecule has 39 heavy (non-hydrogen) atoms. The Morgan fingerprint density at radius 2 is 1.54 bits per heavy atom. The van der Waals surface area contributed by atoms with Crippen molar-refractivity contribution in [1.82, 2.24) is 10.2 Å². The summed E-state index contributed by atoms with van der Waals surface area (Å²) >= 11 is 0. The molecule has 0 bridgehead atoms. The first kappa shape index (κ1) is 29.7. The smallest absolute Gasteiger partial charge is 0.244 e. The van der Waals surface area contributed by atoms with E-state index in [0.29, 0.717) is 11.4 Å². The Kier molecular flexibility index (Phi) is 10.5. The normalized spacial score (nSPS) is 12.7. The Morgan fingerprint density at radius 3 is 2.10 bits per heavy atom. The van der Waals surface area contributed by atoms with Crippen molar-refractivity contribution >= 4 is 27.5 Å². The van der Waals surface area contributed by atoms with Crippen LogP contribution in [-0.4, -0.2) is 57.1 Å². The van der Waals surface area contributed by atoms with Crippen molar-refractivity contribution in [2.75, 3.05) is 24.2 Å². The maximum Gasteiger partial charge on any atom is 0.244 e. The Balaban J connectivity index is 2.04. The van der Waals surface area contributed by atoms with Gasteiger partial charge < -0.3 is 15.0 Å². The van der Waals surface area contributed by atoms with E-state index in [4.69, 9.17) is 4.74 Å². The van der Waals surface area contributed by atoms with Crippen LogP contribution in [0.3, 0.4) is 0 Å². The molecule has 9 heteroatoms. The summed E-state index contributed by atoms with van der Waals surface area (Å²) in [5.41, 5.74) is 2.02. The van der Waals surface area contributed by atoms with Gasteiger partial charge in [-0.1, -0.05) is 73.7 Å². The average Bonchev–Trinajstić information content (AvgIpc) is 2.93. The standard InChI is InChI=1S/C30H37N3O5S/c1-5-23(2)31-30(35)28(19-24-13-8-6-9-14-24)32(21-25-15-10-7-11-16-25)29(34)22-33(39(4,36)37)26-17-12-18-27(20-26)38-3/h6-18,20,23,28H,5,19,21-22H2,1-4H3,(H,31,35)/t23-,28+/m1/s1. The van der Waals surface area contributed by atoms with Gasteiger partial charge in [0, 0.05) is 25.1 Å². The number of nitrogens with one attached hydrogen (secondary N) is 1. The van der Waals surface area contributed by atoms with Crippen molar-refractivity contribution < 1.29 is 22.7 Å². The number of carbonyl (C=O) groups excluding carboxylic acids is 2. The number of nitrogens with zero attached hydrogens (tertiary/aromatic N) is 2. The highest BCUT2D eigenvalue weighted by Crippen LogP contribution is 2.24. The number of amides is 2. The number of benzene rings is 3. The zero-order chi connectivity index (χ0) is 28.4. The van der Waals surface area contributed by atoms with Gasteiger partial charge in [-0.15, -0.1) is 0 Å². The van der Waals surface area contributed by atoms with Gasteiger partial charge in [0.2, 0.25) is 21.8 Å². The molecule has 8 nitrogen and oxygen atoms in total. The molecule has 0 saturated heterocycles. The highest BCUT2D eigenvalue weighted by Gasteiger charge is 2.33. The molecule has 0 radical (unpaired) electrons. The van der Waals surface area contributed by atoms with Crippen LogP contribution < -0.4 is 14.4 Å². The largest absolute Gasteiger partial charge is 0.497 e. The van der Waals surface area contributed by atoms with E-state index in [2.05, 4.69) is 5.32 Å². The molecule has 3 aromatic rings. The zero-order valence-corrected chi connectivity index (χ0v) is 23.7. The van der Waals surface area contributed by atoms with Crippen LogP contribution in [0.1, 0.15) is 31.4 Å². The number of ether oxygens (including phenoxy) is 1. The summed E-state index contributed by atoms with van der Waals surface area (Å²) < 4.78 is 32.0. The second-order valence-electron chi connectivity index (χ2n) is 9.50. The Bertz CT molecular complexity index is 1330. The summed E-state index contributed by atoms with van der Waals surface area (Å²) in [4.78, 5) is 29.2. The molecule has 3 rings (SSSR count). The predicted octanol–water partition coefficient (Wildman–Crippen LogP) is 4.02. The molecule has 0 heterocycles. The lowest BCUT2D eigenvalue weighted by Crippen LogP contribution is -2.54. The van der Waals surface area contributed by atoms with Gasteiger partial charge >= 0.3 is 0 Å². The summed E-state index contributed by atoms with van der Waals surface area (Å²) in [6.45, 7) is 3.55. The van der Waals surface area contributed by atoms with Crippen LogP contribution in [0.15, 0.2) is 84.9 Å². The van der Waals surface area contributed by atoms with Crippen LogP contribution >= 0.6 is 0 Å². The zero-order valence-electron chi connectivity index (χ0n) is 22.9. The van der Waals surface area contributed by atoms with Gasteiger partial charge in [0.05, 0.1) is 19.1 Å². The molecular weight excluding hydrogens is 514 g/mol. The molecule has 0 spiro atoms. The van der Waals surface area contributed by atoms with E-state index in [1.54, 1.807) is 24.3 Å². The van der Waals surface area contributed by atoms with E-state index < -0.39 is 28.5 Å². The van der Waals surface area contributed by atoms with Crippen LogP contribution in [0, 0.1) is 0 Å². The van der Waals surface area contributed by atoms with Gasteiger partial charge in [0.25, 0.3) is 0 Å². The van der Waals surface area contributed by atoms with Crippen molar-refractivity contribution in [3.05, 3.63) is 96.1 Å². The van der Waals surface area contributed by atoms with Crippen molar-refractivity contribution in [2.24, 2.45) is 0 Å². The summed E-state index contributed by atoms with van der Waals surface area (Å²) in [5, 5.41) is 3.02. The minimum absolute atomic E-state index is 0.0891. The first-order valence-electron chi connectivity index (χ1n) is 12.9. The third-order valence-corrected chi connectivity index (χ3v) is 7.63. The SMILES string of the molecule is CC[C@@H](C)NC(=O)[C@H](Cc1ccccc1)N(Cc1ccccc1)C(=O)CN(c1cccc(OC)c1)S(C)(=O)=O. The molecule has 0 aromatic heterocycles. The van der Waals surface area contributed by atoms with Gasteiger partial charge in [0.1, 0.15) is 18.3 Å². The topological polar surface area (TPSA) is 96.0 Å². The van der Waals surface area contributed by atoms with Crippen molar-refractivity contribution in [2.45, 2.75) is 45.3 Å². The van der Waals surface area contributed by atoms with E-state index in [9.17, 15) is 18.0 Å². The van der Waals surface area contributed by atoms with Crippen molar-refractivity contribution in [3.8, 4) is 5.75 Å². The first-order chi connectivity index (χ1) is 18.6. The number of rotatable bonds is 13. The molecule has 208 valence electrons. The molecule has 2 atom stereocenters. The molecule has 0 aliphatic heterocycles. The Hall–Kier alpha value is -3.85. The molecule has 0 saturated carbocycles. The van der Waals surface area contributed by atoms with Gasteiger partial charge in [-0.3, -0.25) is 13.9 Å². The maximum atomic E-state index is 14.0. The fourth-order valence-corrected chi connectivity index (χ4v) is 5.00. The Morgan fingerprint density at radius 1 is 0.923 bits per heavy atom. The van der Waals surface area contributed by atoms with Crippen molar-refractivity contribution in [1.29, 1.82) is 0 Å². The summed E-state index contributed by atoms with van der Waals surface area (Å²) in [7, 11) is -2.36. The fourth-order valence-electron chi connectivity index (χ4n) is 4.15. The van der Waals surface area contributed by atoms with Crippen LogP contribution in [-0.2, 0) is 32.6 Å². The van der Waals surface area contributed by atoms with Gasteiger partial charge in [-0.2, -0.15) is 0 Å². The number of carbonyl (C=O) groups is 2. The minimum atomic E-state index is -3.84. The van der Waals surface area contributed by atoms with E-state index >= 15 is 0 Å². The monoisotopic (exact) mass is 551 g/mol. The average molecular weight is 552 g/mol. The molecular formula is C30H37N3O5S. The lowest BCUT2D eigenvalue weighted by Gasteiger charge is -2.34. The van der Waals surface area contributed by atoms with Gasteiger partial charge in [-0.05, 0) is 36.6 Å². The maximum absolute atomic E-state index is 14.0. The van der Waals surface area contributed by atoms with Gasteiger partial charge in [0.15, 0.2) is 0 Å². The summed E-state index contributed by atoms with van der Waals surface area (Å²) in [5.74, 6) is -0.318. The van der Waals surface area contributed by atoms with Crippen LogP contribution in [0.25, 0.3) is 0 Å². The molecule has 0 aliphatic rings. The predicted molar refractivity (Wildman–Crippen MR) is 154 cm³/mol. The quantitative estimate of drug-likeness (QED) is 0.346. The second kappa shape index (κ2) is 13.8. The lowest BCUT2D eigenvalue weighted by molar-refractivity contribution is -0.140. The Labute approximate surface area is 231 Å². The van der Waals surface area contributed by atoms with Crippen LogP contribution in [0.5, 0.6) is 5.75 Å².